The fourth-order valence-electron chi connectivity index (χ4n) is 1.70. The van der Waals surface area contributed by atoms with E-state index in [9.17, 15) is 8.42 Å². The van der Waals surface area contributed by atoms with Gasteiger partial charge in [0, 0.05) is 0 Å². The maximum atomic E-state index is 11.1. The Balaban J connectivity index is 2.23. The fraction of sp³-hybridized carbons (Fsp3) is 0.538. The second kappa shape index (κ2) is 8.58. The first-order chi connectivity index (χ1) is 9.04. The van der Waals surface area contributed by atoms with Crippen LogP contribution >= 0.6 is 11.8 Å². The van der Waals surface area contributed by atoms with Gasteiger partial charge in [-0.3, -0.25) is 0 Å². The second-order valence-corrected chi connectivity index (χ2v) is 6.94. The zero-order chi connectivity index (χ0) is 14.1. The van der Waals surface area contributed by atoms with Crippen molar-refractivity contribution in [2.24, 2.45) is 5.14 Å². The number of thioether (sulfide) groups is 1. The van der Waals surface area contributed by atoms with Gasteiger partial charge in [0.1, 0.15) is 0 Å². The van der Waals surface area contributed by atoms with Crippen LogP contribution in [0.15, 0.2) is 29.2 Å². The number of rotatable bonds is 9. The quantitative estimate of drug-likeness (QED) is 0.680. The number of nitrogens with one attached hydrogen (secondary N) is 1. The number of hydrogen-bond donors (Lipinski definition) is 2. The summed E-state index contributed by atoms with van der Waals surface area (Å²) in [5, 5.41) is 8.43. The van der Waals surface area contributed by atoms with Crippen molar-refractivity contribution < 1.29 is 8.42 Å². The molecule has 1 aromatic carbocycles. The second-order valence-electron chi connectivity index (χ2n) is 4.39. The van der Waals surface area contributed by atoms with Crippen LogP contribution in [0.3, 0.4) is 0 Å². The van der Waals surface area contributed by atoms with Crippen molar-refractivity contribution in [3.05, 3.63) is 29.8 Å². The van der Waals surface area contributed by atoms with Crippen molar-refractivity contribution in [2.75, 3.05) is 25.1 Å². The third kappa shape index (κ3) is 6.96. The molecule has 0 aromatic heterocycles. The monoisotopic (exact) mass is 302 g/mol. The van der Waals surface area contributed by atoms with Crippen molar-refractivity contribution in [1.82, 2.24) is 5.32 Å². The molecular weight excluding hydrogens is 280 g/mol. The molecule has 0 fully saturated rings. The lowest BCUT2D eigenvalue weighted by atomic mass is 10.1. The highest BCUT2D eigenvalue weighted by molar-refractivity contribution is 7.98. The van der Waals surface area contributed by atoms with Gasteiger partial charge in [-0.2, -0.15) is 11.8 Å². The van der Waals surface area contributed by atoms with E-state index in [1.54, 1.807) is 12.1 Å². The number of primary sulfonamides is 1. The van der Waals surface area contributed by atoms with Gasteiger partial charge in [-0.25, -0.2) is 13.6 Å². The van der Waals surface area contributed by atoms with Gasteiger partial charge in [-0.1, -0.05) is 12.1 Å². The highest BCUT2D eigenvalue weighted by Crippen LogP contribution is 2.08. The Morgan fingerprint density at radius 3 is 2.42 bits per heavy atom. The predicted octanol–water partition coefficient (Wildman–Crippen LogP) is 1.61. The van der Waals surface area contributed by atoms with Crippen LogP contribution in [0.25, 0.3) is 0 Å². The average Bonchev–Trinajstić information content (AvgIpc) is 2.37. The number of hydrogen-bond acceptors (Lipinski definition) is 4. The Bertz CT molecular complexity index is 458. The van der Waals surface area contributed by atoms with E-state index in [1.807, 2.05) is 23.9 Å². The molecule has 19 heavy (non-hydrogen) atoms. The first kappa shape index (κ1) is 16.5. The van der Waals surface area contributed by atoms with Crippen molar-refractivity contribution in [3.63, 3.8) is 0 Å². The molecule has 0 unspecified atom stereocenters. The standard InChI is InChI=1S/C13H22N2O2S2/c1-18-11-3-2-9-15-10-8-12-4-6-13(7-5-12)19(14,16)17/h4-7,15H,2-3,8-11H2,1H3,(H2,14,16,17). The molecule has 0 heterocycles. The molecule has 0 aliphatic carbocycles. The number of unbranched alkanes of at least 4 members (excludes halogenated alkanes) is 1. The van der Waals surface area contributed by atoms with Gasteiger partial charge in [0.2, 0.25) is 10.0 Å². The predicted molar refractivity (Wildman–Crippen MR) is 82.0 cm³/mol. The molecule has 0 spiro atoms. The van der Waals surface area contributed by atoms with Gasteiger partial charge < -0.3 is 5.32 Å². The molecule has 0 saturated heterocycles. The zero-order valence-corrected chi connectivity index (χ0v) is 12.9. The summed E-state index contributed by atoms with van der Waals surface area (Å²) < 4.78 is 22.2. The van der Waals surface area contributed by atoms with E-state index in [0.29, 0.717) is 0 Å². The van der Waals surface area contributed by atoms with Gasteiger partial charge in [-0.05, 0) is 62.1 Å². The maximum absolute atomic E-state index is 11.1. The Morgan fingerprint density at radius 1 is 1.16 bits per heavy atom. The molecule has 0 saturated carbocycles. The number of benzene rings is 1. The summed E-state index contributed by atoms with van der Waals surface area (Å²) in [6.45, 7) is 1.95. The topological polar surface area (TPSA) is 72.2 Å². The van der Waals surface area contributed by atoms with E-state index < -0.39 is 10.0 Å². The molecule has 0 aliphatic rings. The van der Waals surface area contributed by atoms with Crippen LogP contribution in [0.5, 0.6) is 0 Å². The molecule has 6 heteroatoms. The van der Waals surface area contributed by atoms with Gasteiger partial charge in [-0.15, -0.1) is 0 Å². The Morgan fingerprint density at radius 2 is 1.84 bits per heavy atom. The van der Waals surface area contributed by atoms with Crippen LogP contribution in [0.2, 0.25) is 0 Å². The third-order valence-corrected chi connectivity index (χ3v) is 4.42. The highest BCUT2D eigenvalue weighted by atomic mass is 32.2. The Kier molecular flexibility index (Phi) is 7.45. The molecule has 4 nitrogen and oxygen atoms in total. The van der Waals surface area contributed by atoms with Gasteiger partial charge >= 0.3 is 0 Å². The van der Waals surface area contributed by atoms with Crippen LogP contribution in [0.1, 0.15) is 18.4 Å². The summed E-state index contributed by atoms with van der Waals surface area (Å²) in [4.78, 5) is 0.168. The Hall–Kier alpha value is -0.560. The molecule has 108 valence electrons. The van der Waals surface area contributed by atoms with Crippen LogP contribution in [0, 0.1) is 0 Å². The summed E-state index contributed by atoms with van der Waals surface area (Å²) in [5.74, 6) is 1.22. The van der Waals surface area contributed by atoms with Gasteiger partial charge in [0.25, 0.3) is 0 Å². The molecule has 1 aromatic rings. The lowest BCUT2D eigenvalue weighted by molar-refractivity contribution is 0.597. The molecular formula is C13H22N2O2S2. The van der Waals surface area contributed by atoms with E-state index in [-0.39, 0.29) is 4.90 Å². The van der Waals surface area contributed by atoms with Gasteiger partial charge in [0.05, 0.1) is 4.90 Å². The largest absolute Gasteiger partial charge is 0.316 e. The minimum atomic E-state index is -3.58. The summed E-state index contributed by atoms with van der Waals surface area (Å²) >= 11 is 1.88. The molecule has 0 radical (unpaired) electrons. The van der Waals surface area contributed by atoms with E-state index >= 15 is 0 Å². The van der Waals surface area contributed by atoms with E-state index in [1.165, 1.54) is 18.6 Å². The minimum Gasteiger partial charge on any atom is -0.316 e. The van der Waals surface area contributed by atoms with E-state index in [2.05, 4.69) is 11.6 Å². The average molecular weight is 302 g/mol. The number of sulfonamides is 1. The highest BCUT2D eigenvalue weighted by Gasteiger charge is 2.06. The summed E-state index contributed by atoms with van der Waals surface area (Å²) in [7, 11) is -3.58. The fourth-order valence-corrected chi connectivity index (χ4v) is 2.71. The van der Waals surface area contributed by atoms with Crippen LogP contribution in [0.4, 0.5) is 0 Å². The minimum absolute atomic E-state index is 0.168. The lowest BCUT2D eigenvalue weighted by Gasteiger charge is -2.05. The molecule has 1 rings (SSSR count). The van der Waals surface area contributed by atoms with Crippen molar-refractivity contribution in [1.29, 1.82) is 0 Å². The third-order valence-electron chi connectivity index (χ3n) is 2.79. The molecule has 3 N–H and O–H groups in total. The summed E-state index contributed by atoms with van der Waals surface area (Å²) in [5.41, 5.74) is 1.11. The maximum Gasteiger partial charge on any atom is 0.238 e. The number of nitrogens with two attached hydrogens (primary N) is 1. The summed E-state index contributed by atoms with van der Waals surface area (Å²) in [6, 6.07) is 6.75. The molecule has 0 bridgehead atoms. The first-order valence-corrected chi connectivity index (χ1v) is 9.29. The first-order valence-electron chi connectivity index (χ1n) is 6.35. The Labute approximate surface area is 120 Å². The SMILES string of the molecule is CSCCCCNCCc1ccc(S(N)(=O)=O)cc1. The smallest absolute Gasteiger partial charge is 0.238 e. The lowest BCUT2D eigenvalue weighted by Crippen LogP contribution is -2.18. The molecule has 0 atom stereocenters. The van der Waals surface area contributed by atoms with Crippen LogP contribution < -0.4 is 10.5 Å². The van der Waals surface area contributed by atoms with Crippen molar-refractivity contribution in [2.45, 2.75) is 24.2 Å². The summed E-state index contributed by atoms with van der Waals surface area (Å²) in [6.07, 6.45) is 5.47. The van der Waals surface area contributed by atoms with Crippen LogP contribution in [-0.4, -0.2) is 33.5 Å². The van der Waals surface area contributed by atoms with Crippen molar-refractivity contribution >= 4 is 21.8 Å². The zero-order valence-electron chi connectivity index (χ0n) is 11.3. The normalized spacial score (nSPS) is 11.7. The van der Waals surface area contributed by atoms with Gasteiger partial charge in [0.15, 0.2) is 0 Å². The molecule has 0 aliphatic heterocycles. The van der Waals surface area contributed by atoms with Crippen molar-refractivity contribution in [3.8, 4) is 0 Å². The van der Waals surface area contributed by atoms with E-state index in [4.69, 9.17) is 5.14 Å². The molecule has 0 amide bonds. The van der Waals surface area contributed by atoms with E-state index in [0.717, 1.165) is 25.1 Å². The van der Waals surface area contributed by atoms with Crippen LogP contribution in [-0.2, 0) is 16.4 Å².